The summed E-state index contributed by atoms with van der Waals surface area (Å²) in [4.78, 5) is 27.8. The third-order valence-corrected chi connectivity index (χ3v) is 4.88. The third-order valence-electron chi connectivity index (χ3n) is 4.88. The lowest BCUT2D eigenvalue weighted by Crippen LogP contribution is -2.41. The lowest BCUT2D eigenvalue weighted by molar-refractivity contribution is 0.0922. The lowest BCUT2D eigenvalue weighted by Gasteiger charge is -2.34. The van der Waals surface area contributed by atoms with E-state index in [9.17, 15) is 4.79 Å². The molecule has 2 aromatic rings. The molecule has 1 saturated heterocycles. The smallest absolute Gasteiger partial charge is 0.254 e. The zero-order chi connectivity index (χ0) is 18.2. The van der Waals surface area contributed by atoms with Crippen molar-refractivity contribution in [2.45, 2.75) is 45.1 Å². The van der Waals surface area contributed by atoms with E-state index in [1.807, 2.05) is 12.3 Å². The number of carbonyl (C=O) groups excluding carboxylic acids is 1. The van der Waals surface area contributed by atoms with E-state index in [4.69, 9.17) is 0 Å². The Bertz CT molecular complexity index is 700. The highest BCUT2D eigenvalue weighted by molar-refractivity contribution is 5.94. The van der Waals surface area contributed by atoms with Gasteiger partial charge in [0.05, 0.1) is 17.3 Å². The molecular weight excluding hydrogens is 326 g/mol. The van der Waals surface area contributed by atoms with Crippen LogP contribution in [0.25, 0.3) is 0 Å². The number of rotatable bonds is 7. The fourth-order valence-electron chi connectivity index (χ4n) is 3.53. The maximum absolute atomic E-state index is 12.7. The predicted octanol–water partition coefficient (Wildman–Crippen LogP) is 2.78. The Morgan fingerprint density at radius 1 is 1.23 bits per heavy atom. The molecule has 1 atom stereocenters. The van der Waals surface area contributed by atoms with Crippen LogP contribution in [0.5, 0.6) is 0 Å². The second-order valence-electron chi connectivity index (χ2n) is 6.74. The van der Waals surface area contributed by atoms with Crippen LogP contribution in [0.2, 0.25) is 0 Å². The fraction of sp³-hybridized carbons (Fsp3) is 0.500. The Kier molecular flexibility index (Phi) is 6.66. The molecule has 1 N–H and O–H groups in total. The molecule has 26 heavy (non-hydrogen) atoms. The minimum Gasteiger partial charge on any atom is -0.350 e. The lowest BCUT2D eigenvalue weighted by atomic mass is 10.0. The molecule has 1 aliphatic heterocycles. The Balaban J connectivity index is 1.72. The van der Waals surface area contributed by atoms with Gasteiger partial charge in [-0.3, -0.25) is 14.7 Å². The first-order valence-electron chi connectivity index (χ1n) is 9.50. The van der Waals surface area contributed by atoms with Crippen molar-refractivity contribution in [3.63, 3.8) is 0 Å². The Morgan fingerprint density at radius 3 is 2.81 bits per heavy atom. The number of amides is 1. The maximum Gasteiger partial charge on any atom is 0.254 e. The van der Waals surface area contributed by atoms with Crippen LogP contribution in [0.4, 0.5) is 0 Å². The van der Waals surface area contributed by atoms with Gasteiger partial charge in [-0.2, -0.15) is 0 Å². The Morgan fingerprint density at radius 2 is 2.08 bits per heavy atom. The molecule has 0 radical (unpaired) electrons. The molecular formula is C20H27N5O. The first-order chi connectivity index (χ1) is 12.8. The van der Waals surface area contributed by atoms with Gasteiger partial charge in [0.25, 0.3) is 5.91 Å². The summed E-state index contributed by atoms with van der Waals surface area (Å²) >= 11 is 0. The number of aryl methyl sites for hydroxylation is 1. The van der Waals surface area contributed by atoms with Gasteiger partial charge >= 0.3 is 0 Å². The molecule has 1 aliphatic rings. The summed E-state index contributed by atoms with van der Waals surface area (Å²) in [5.41, 5.74) is 2.54. The summed E-state index contributed by atoms with van der Waals surface area (Å²) in [6.45, 7) is 4.76. The van der Waals surface area contributed by atoms with Crippen molar-refractivity contribution >= 4 is 5.91 Å². The van der Waals surface area contributed by atoms with Crippen LogP contribution in [-0.2, 0) is 6.42 Å². The number of aromatic nitrogens is 3. The van der Waals surface area contributed by atoms with Crippen LogP contribution in [0.15, 0.2) is 37.1 Å². The average Bonchev–Trinajstić information content (AvgIpc) is 2.70. The van der Waals surface area contributed by atoms with Gasteiger partial charge in [0.15, 0.2) is 0 Å². The molecule has 0 aromatic carbocycles. The van der Waals surface area contributed by atoms with Crippen LogP contribution in [0, 0.1) is 0 Å². The second kappa shape index (κ2) is 9.38. The molecule has 6 heteroatoms. The van der Waals surface area contributed by atoms with E-state index >= 15 is 0 Å². The monoisotopic (exact) mass is 353 g/mol. The van der Waals surface area contributed by atoms with Crippen molar-refractivity contribution in [1.82, 2.24) is 25.2 Å². The molecule has 0 bridgehead atoms. The zero-order valence-corrected chi connectivity index (χ0v) is 15.4. The van der Waals surface area contributed by atoms with Gasteiger partial charge in [-0.15, -0.1) is 0 Å². The SMILES string of the molecule is CCCc1ncncc1C(=O)NC[C@@H](c1cccnc1)N1CCCCC1. The summed E-state index contributed by atoms with van der Waals surface area (Å²) in [5.74, 6) is -0.0973. The molecule has 0 saturated carbocycles. The Hall–Kier alpha value is -2.34. The molecule has 0 spiro atoms. The van der Waals surface area contributed by atoms with Crippen LogP contribution in [0.1, 0.15) is 60.3 Å². The van der Waals surface area contributed by atoms with Crippen molar-refractivity contribution < 1.29 is 4.79 Å². The van der Waals surface area contributed by atoms with Gasteiger partial charge in [-0.25, -0.2) is 9.97 Å². The van der Waals surface area contributed by atoms with Crippen molar-refractivity contribution in [2.75, 3.05) is 19.6 Å². The van der Waals surface area contributed by atoms with Crippen molar-refractivity contribution in [1.29, 1.82) is 0 Å². The topological polar surface area (TPSA) is 71.0 Å². The normalized spacial score (nSPS) is 16.2. The number of nitrogens with one attached hydrogen (secondary N) is 1. The third kappa shape index (κ3) is 4.64. The van der Waals surface area contributed by atoms with Crippen LogP contribution < -0.4 is 5.32 Å². The summed E-state index contributed by atoms with van der Waals surface area (Å²) in [6.07, 6.45) is 12.2. The van der Waals surface area contributed by atoms with E-state index in [0.29, 0.717) is 12.1 Å². The first kappa shape index (κ1) is 18.5. The van der Waals surface area contributed by atoms with Crippen LogP contribution >= 0.6 is 0 Å². The number of hydrogen-bond donors (Lipinski definition) is 1. The molecule has 6 nitrogen and oxygen atoms in total. The van der Waals surface area contributed by atoms with E-state index in [0.717, 1.165) is 37.2 Å². The summed E-state index contributed by atoms with van der Waals surface area (Å²) in [6, 6.07) is 4.19. The molecule has 1 fully saturated rings. The highest BCUT2D eigenvalue weighted by Crippen LogP contribution is 2.23. The highest BCUT2D eigenvalue weighted by Gasteiger charge is 2.23. The van der Waals surface area contributed by atoms with Gasteiger partial charge in [-0.05, 0) is 44.0 Å². The quantitative estimate of drug-likeness (QED) is 0.829. The number of piperidine rings is 1. The number of carbonyl (C=O) groups is 1. The largest absolute Gasteiger partial charge is 0.350 e. The van der Waals surface area contributed by atoms with Gasteiger partial charge in [0, 0.05) is 25.1 Å². The van der Waals surface area contributed by atoms with Crippen molar-refractivity contribution in [2.24, 2.45) is 0 Å². The van der Waals surface area contributed by atoms with E-state index in [1.165, 1.54) is 25.6 Å². The first-order valence-corrected chi connectivity index (χ1v) is 9.50. The number of nitrogens with zero attached hydrogens (tertiary/aromatic N) is 4. The minimum atomic E-state index is -0.0973. The van der Waals surface area contributed by atoms with Crippen LogP contribution in [-0.4, -0.2) is 45.4 Å². The number of hydrogen-bond acceptors (Lipinski definition) is 5. The van der Waals surface area contributed by atoms with E-state index in [-0.39, 0.29) is 11.9 Å². The fourth-order valence-corrected chi connectivity index (χ4v) is 3.53. The number of pyridine rings is 1. The zero-order valence-electron chi connectivity index (χ0n) is 15.4. The van der Waals surface area contributed by atoms with Gasteiger partial charge < -0.3 is 5.32 Å². The predicted molar refractivity (Wildman–Crippen MR) is 101 cm³/mol. The van der Waals surface area contributed by atoms with Gasteiger partial charge in [0.1, 0.15) is 6.33 Å². The van der Waals surface area contributed by atoms with E-state index in [2.05, 4.69) is 38.2 Å². The molecule has 3 heterocycles. The molecule has 0 aliphatic carbocycles. The van der Waals surface area contributed by atoms with Crippen molar-refractivity contribution in [3.8, 4) is 0 Å². The average molecular weight is 353 g/mol. The van der Waals surface area contributed by atoms with E-state index < -0.39 is 0 Å². The maximum atomic E-state index is 12.7. The van der Waals surface area contributed by atoms with Gasteiger partial charge in [-0.1, -0.05) is 25.8 Å². The van der Waals surface area contributed by atoms with Crippen molar-refractivity contribution in [3.05, 3.63) is 53.9 Å². The summed E-state index contributed by atoms with van der Waals surface area (Å²) in [5, 5.41) is 3.11. The summed E-state index contributed by atoms with van der Waals surface area (Å²) < 4.78 is 0. The summed E-state index contributed by atoms with van der Waals surface area (Å²) in [7, 11) is 0. The highest BCUT2D eigenvalue weighted by atomic mass is 16.1. The molecule has 1 amide bonds. The minimum absolute atomic E-state index is 0.0973. The standard InChI is InChI=1S/C20H27N5O/c1-2-7-18-17(13-22-15-24-18)20(26)23-14-19(16-8-6-9-21-12-16)25-10-4-3-5-11-25/h6,8-9,12-13,15,19H,2-5,7,10-11,14H2,1H3,(H,23,26)/t19-/m0/s1. The molecule has 0 unspecified atom stereocenters. The molecule has 2 aromatic heterocycles. The molecule has 3 rings (SSSR count). The Labute approximate surface area is 155 Å². The molecule has 138 valence electrons. The van der Waals surface area contributed by atoms with Gasteiger partial charge in [0.2, 0.25) is 0 Å². The number of likely N-dealkylation sites (tertiary alicyclic amines) is 1. The second-order valence-corrected chi connectivity index (χ2v) is 6.74. The van der Waals surface area contributed by atoms with E-state index in [1.54, 1.807) is 12.4 Å². The van der Waals surface area contributed by atoms with Crippen LogP contribution in [0.3, 0.4) is 0 Å².